The molecule has 100 valence electrons. The molecule has 0 radical (unpaired) electrons. The number of morpholine rings is 1. The van der Waals surface area contributed by atoms with E-state index >= 15 is 0 Å². The van der Waals surface area contributed by atoms with Crippen molar-refractivity contribution in [1.29, 1.82) is 5.26 Å². The molecule has 2 heterocycles. The number of rotatable bonds is 1. The van der Waals surface area contributed by atoms with Gasteiger partial charge in [0.1, 0.15) is 0 Å². The van der Waals surface area contributed by atoms with E-state index in [2.05, 4.69) is 18.0 Å². The molecule has 4 nitrogen and oxygen atoms in total. The van der Waals surface area contributed by atoms with Crippen molar-refractivity contribution < 1.29 is 9.84 Å². The minimum absolute atomic E-state index is 0.271. The second kappa shape index (κ2) is 4.61. The lowest BCUT2D eigenvalue weighted by Gasteiger charge is -2.50. The van der Waals surface area contributed by atoms with E-state index in [1.165, 1.54) is 0 Å². The van der Waals surface area contributed by atoms with Crippen LogP contribution in [0.15, 0.2) is 24.3 Å². The van der Waals surface area contributed by atoms with Gasteiger partial charge in [-0.1, -0.05) is 12.1 Å². The van der Waals surface area contributed by atoms with E-state index in [-0.39, 0.29) is 12.1 Å². The Balaban J connectivity index is 1.88. The van der Waals surface area contributed by atoms with Gasteiger partial charge < -0.3 is 9.84 Å². The van der Waals surface area contributed by atoms with Gasteiger partial charge in [0.25, 0.3) is 0 Å². The Morgan fingerprint density at radius 3 is 2.37 bits per heavy atom. The van der Waals surface area contributed by atoms with Crippen LogP contribution >= 0.6 is 0 Å². The summed E-state index contributed by atoms with van der Waals surface area (Å²) in [4.78, 5) is 2.32. The first-order valence-electron chi connectivity index (χ1n) is 6.65. The van der Waals surface area contributed by atoms with Gasteiger partial charge in [-0.05, 0) is 37.6 Å². The third-order valence-electron chi connectivity index (χ3n) is 4.47. The monoisotopic (exact) mass is 258 g/mol. The van der Waals surface area contributed by atoms with Crippen LogP contribution in [-0.4, -0.2) is 42.4 Å². The lowest BCUT2D eigenvalue weighted by molar-refractivity contribution is -0.137. The minimum Gasteiger partial charge on any atom is -0.385 e. The maximum atomic E-state index is 11.0. The Hall–Kier alpha value is -1.41. The number of hydrogen-bond donors (Lipinski definition) is 1. The Kier molecular flexibility index (Phi) is 3.06. The number of nitriles is 1. The third kappa shape index (κ3) is 2.14. The smallest absolute Gasteiger partial charge is 0.0991 e. The first kappa shape index (κ1) is 12.6. The van der Waals surface area contributed by atoms with E-state index in [0.29, 0.717) is 31.6 Å². The summed E-state index contributed by atoms with van der Waals surface area (Å²) >= 11 is 0. The van der Waals surface area contributed by atoms with Crippen molar-refractivity contribution in [3.63, 3.8) is 0 Å². The van der Waals surface area contributed by atoms with Crippen molar-refractivity contribution >= 4 is 0 Å². The summed E-state index contributed by atoms with van der Waals surface area (Å²) in [6.07, 6.45) is 1.37. The zero-order valence-electron chi connectivity index (χ0n) is 11.0. The van der Waals surface area contributed by atoms with Crippen molar-refractivity contribution in [3.8, 4) is 6.07 Å². The molecule has 2 aliphatic heterocycles. The highest BCUT2D eigenvalue weighted by atomic mass is 16.5. The van der Waals surface area contributed by atoms with Crippen LogP contribution < -0.4 is 0 Å². The number of ether oxygens (including phenoxy) is 1. The summed E-state index contributed by atoms with van der Waals surface area (Å²) in [5, 5.41) is 19.8. The minimum atomic E-state index is -0.792. The van der Waals surface area contributed by atoms with Crippen LogP contribution in [-0.2, 0) is 10.3 Å². The highest BCUT2D eigenvalue weighted by molar-refractivity contribution is 5.34. The number of hydrogen-bond acceptors (Lipinski definition) is 4. The second-order valence-corrected chi connectivity index (χ2v) is 5.64. The largest absolute Gasteiger partial charge is 0.385 e. The van der Waals surface area contributed by atoms with Gasteiger partial charge >= 0.3 is 0 Å². The Bertz CT molecular complexity index is 492. The molecule has 2 atom stereocenters. The number of benzene rings is 1. The van der Waals surface area contributed by atoms with Crippen LogP contribution in [0.2, 0.25) is 0 Å². The van der Waals surface area contributed by atoms with Gasteiger partial charge in [-0.2, -0.15) is 5.26 Å². The fourth-order valence-electron chi connectivity index (χ4n) is 3.23. The van der Waals surface area contributed by atoms with E-state index in [1.54, 1.807) is 12.1 Å². The lowest BCUT2D eigenvalue weighted by Crippen LogP contribution is -2.59. The van der Waals surface area contributed by atoms with Crippen LogP contribution in [0.1, 0.15) is 24.0 Å². The van der Waals surface area contributed by atoms with Crippen molar-refractivity contribution in [2.24, 2.45) is 0 Å². The van der Waals surface area contributed by atoms with Gasteiger partial charge in [-0.15, -0.1) is 0 Å². The van der Waals surface area contributed by atoms with Gasteiger partial charge in [-0.25, -0.2) is 0 Å². The van der Waals surface area contributed by atoms with Gasteiger partial charge in [0.05, 0.1) is 30.4 Å². The maximum absolute atomic E-state index is 11.0. The van der Waals surface area contributed by atoms with E-state index in [9.17, 15) is 5.11 Å². The first-order valence-corrected chi connectivity index (χ1v) is 6.65. The summed E-state index contributed by atoms with van der Waals surface area (Å²) in [5.41, 5.74) is 0.750. The molecule has 1 N–H and O–H groups in total. The molecule has 0 spiro atoms. The molecule has 2 fully saturated rings. The average Bonchev–Trinajstić information content (AvgIpc) is 2.41. The van der Waals surface area contributed by atoms with Crippen molar-refractivity contribution in [1.82, 2.24) is 4.90 Å². The topological polar surface area (TPSA) is 56.5 Å². The molecular formula is C15H18N2O2. The molecule has 2 saturated heterocycles. The average molecular weight is 258 g/mol. The molecule has 3 rings (SSSR count). The van der Waals surface area contributed by atoms with Crippen LogP contribution in [0, 0.1) is 11.3 Å². The third-order valence-corrected chi connectivity index (χ3v) is 4.47. The van der Waals surface area contributed by atoms with E-state index in [1.807, 2.05) is 12.1 Å². The van der Waals surface area contributed by atoms with Crippen molar-refractivity contribution in [3.05, 3.63) is 35.4 Å². The SMILES string of the molecule is CN1C2COCC1CC(O)(c1ccc(C#N)cc1)C2. The van der Waals surface area contributed by atoms with Crippen LogP contribution in [0.3, 0.4) is 0 Å². The molecule has 4 heteroatoms. The highest BCUT2D eigenvalue weighted by Crippen LogP contribution is 2.40. The molecule has 2 aliphatic rings. The normalized spacial score (nSPS) is 34.8. The Labute approximate surface area is 113 Å². The summed E-state index contributed by atoms with van der Waals surface area (Å²) < 4.78 is 5.58. The van der Waals surface area contributed by atoms with Crippen molar-refractivity contribution in [2.75, 3.05) is 20.3 Å². The summed E-state index contributed by atoms with van der Waals surface area (Å²) in [5.74, 6) is 0. The quantitative estimate of drug-likeness (QED) is 0.823. The molecule has 2 bridgehead atoms. The standard InChI is InChI=1S/C15H18N2O2/c1-17-13-6-15(18,7-14(17)10-19-9-13)12-4-2-11(8-16)3-5-12/h2-5,13-14,18H,6-7,9-10H2,1H3. The van der Waals surface area contributed by atoms with Gasteiger partial charge in [-0.3, -0.25) is 4.90 Å². The number of nitrogens with zero attached hydrogens (tertiary/aromatic N) is 2. The number of piperidine rings is 1. The fourth-order valence-corrected chi connectivity index (χ4v) is 3.23. The maximum Gasteiger partial charge on any atom is 0.0991 e. The highest BCUT2D eigenvalue weighted by Gasteiger charge is 2.45. The molecule has 0 aromatic heterocycles. The molecule has 0 aliphatic carbocycles. The van der Waals surface area contributed by atoms with Crippen LogP contribution in [0.5, 0.6) is 0 Å². The second-order valence-electron chi connectivity index (χ2n) is 5.64. The van der Waals surface area contributed by atoms with E-state index in [0.717, 1.165) is 5.56 Å². The molecule has 1 aromatic rings. The molecule has 19 heavy (non-hydrogen) atoms. The number of aliphatic hydroxyl groups is 1. The molecule has 2 unspecified atom stereocenters. The van der Waals surface area contributed by atoms with Crippen LogP contribution in [0.4, 0.5) is 0 Å². The fraction of sp³-hybridized carbons (Fsp3) is 0.533. The first-order chi connectivity index (χ1) is 9.12. The van der Waals surface area contributed by atoms with Crippen molar-refractivity contribution in [2.45, 2.75) is 30.5 Å². The summed E-state index contributed by atoms with van der Waals surface area (Å²) in [7, 11) is 2.11. The molecule has 1 aromatic carbocycles. The molecular weight excluding hydrogens is 240 g/mol. The predicted molar refractivity (Wildman–Crippen MR) is 70.4 cm³/mol. The number of fused-ring (bicyclic) bond motifs is 2. The predicted octanol–water partition coefficient (Wildman–Crippen LogP) is 1.24. The van der Waals surface area contributed by atoms with Gasteiger partial charge in [0, 0.05) is 12.1 Å². The van der Waals surface area contributed by atoms with E-state index < -0.39 is 5.60 Å². The van der Waals surface area contributed by atoms with Crippen LogP contribution in [0.25, 0.3) is 0 Å². The summed E-state index contributed by atoms with van der Waals surface area (Å²) in [6, 6.07) is 9.95. The molecule has 0 saturated carbocycles. The molecule has 0 amide bonds. The Morgan fingerprint density at radius 1 is 1.26 bits per heavy atom. The zero-order valence-corrected chi connectivity index (χ0v) is 11.0. The van der Waals surface area contributed by atoms with Gasteiger partial charge in [0.15, 0.2) is 0 Å². The van der Waals surface area contributed by atoms with Gasteiger partial charge in [0.2, 0.25) is 0 Å². The van der Waals surface area contributed by atoms with E-state index in [4.69, 9.17) is 10.00 Å². The lowest BCUT2D eigenvalue weighted by atomic mass is 9.77. The Morgan fingerprint density at radius 2 is 1.84 bits per heavy atom. The zero-order chi connectivity index (χ0) is 13.5. The number of likely N-dealkylation sites (N-methyl/N-ethyl adjacent to an activating group) is 1. The summed E-state index contributed by atoms with van der Waals surface area (Å²) in [6.45, 7) is 1.37.